The molecular formula is C38H42FN3O4S. The maximum absolute atomic E-state index is 14.6. The van der Waals surface area contributed by atoms with Crippen LogP contribution in [0.25, 0.3) is 0 Å². The molecule has 1 aliphatic rings. The summed E-state index contributed by atoms with van der Waals surface area (Å²) in [6, 6.07) is 27.7. The van der Waals surface area contributed by atoms with Crippen molar-refractivity contribution < 1.29 is 22.4 Å². The molecule has 0 unspecified atom stereocenters. The van der Waals surface area contributed by atoms with Crippen molar-refractivity contribution in [2.24, 2.45) is 0 Å². The number of carbonyl (C=O) groups excluding carboxylic acids is 2. The van der Waals surface area contributed by atoms with Crippen molar-refractivity contribution >= 4 is 27.5 Å². The van der Waals surface area contributed by atoms with Crippen LogP contribution in [0.15, 0.2) is 108 Å². The van der Waals surface area contributed by atoms with Gasteiger partial charge in [0.05, 0.1) is 10.6 Å². The van der Waals surface area contributed by atoms with Crippen LogP contribution in [-0.2, 0) is 32.6 Å². The molecule has 0 saturated heterocycles. The van der Waals surface area contributed by atoms with Gasteiger partial charge in [0.25, 0.3) is 10.0 Å². The van der Waals surface area contributed by atoms with E-state index in [1.807, 2.05) is 68.4 Å². The maximum Gasteiger partial charge on any atom is 0.264 e. The van der Waals surface area contributed by atoms with E-state index in [0.29, 0.717) is 0 Å². The van der Waals surface area contributed by atoms with Crippen molar-refractivity contribution in [2.75, 3.05) is 10.8 Å². The topological polar surface area (TPSA) is 86.8 Å². The third-order valence-corrected chi connectivity index (χ3v) is 10.5. The van der Waals surface area contributed by atoms with Gasteiger partial charge < -0.3 is 10.2 Å². The summed E-state index contributed by atoms with van der Waals surface area (Å²) in [5, 5.41) is 3.22. The van der Waals surface area contributed by atoms with Gasteiger partial charge in [0, 0.05) is 19.0 Å². The quantitative estimate of drug-likeness (QED) is 0.184. The van der Waals surface area contributed by atoms with E-state index in [-0.39, 0.29) is 35.5 Å². The Bertz CT molecular complexity index is 1740. The summed E-state index contributed by atoms with van der Waals surface area (Å²) in [4.78, 5) is 30.3. The molecule has 1 fully saturated rings. The molecule has 2 amide bonds. The number of carbonyl (C=O) groups is 2. The van der Waals surface area contributed by atoms with E-state index in [2.05, 4.69) is 5.32 Å². The molecule has 1 atom stereocenters. The van der Waals surface area contributed by atoms with Crippen LogP contribution in [0.3, 0.4) is 0 Å². The third kappa shape index (κ3) is 8.86. The summed E-state index contributed by atoms with van der Waals surface area (Å²) < 4.78 is 43.2. The average Bonchev–Trinajstić information content (AvgIpc) is 3.07. The zero-order valence-electron chi connectivity index (χ0n) is 26.9. The number of hydrogen-bond acceptors (Lipinski definition) is 4. The van der Waals surface area contributed by atoms with Crippen molar-refractivity contribution in [2.45, 2.75) is 75.9 Å². The van der Waals surface area contributed by atoms with Gasteiger partial charge in [-0.05, 0) is 74.2 Å². The minimum Gasteiger partial charge on any atom is -0.352 e. The summed E-state index contributed by atoms with van der Waals surface area (Å²) in [6.45, 7) is 3.33. The average molecular weight is 656 g/mol. The number of aryl methyl sites for hydroxylation is 2. The zero-order chi connectivity index (χ0) is 33.4. The number of sulfonamides is 1. The maximum atomic E-state index is 14.6. The SMILES string of the molecule is Cc1ccc(CN(C(=O)CN(c2ccc(F)cc2)S(=O)(=O)c2ccc(C)cc2)[C@@H](Cc2ccccc2)C(=O)NC2CCCCC2)cc1. The van der Waals surface area contributed by atoms with E-state index in [9.17, 15) is 22.4 Å². The number of amides is 2. The smallest absolute Gasteiger partial charge is 0.264 e. The molecule has 5 rings (SSSR count). The molecule has 0 aliphatic heterocycles. The van der Waals surface area contributed by atoms with Gasteiger partial charge in [0.2, 0.25) is 11.8 Å². The molecule has 1 saturated carbocycles. The van der Waals surface area contributed by atoms with Crippen molar-refractivity contribution in [1.29, 1.82) is 0 Å². The van der Waals surface area contributed by atoms with Gasteiger partial charge in [0.1, 0.15) is 18.4 Å². The van der Waals surface area contributed by atoms with E-state index in [1.165, 1.54) is 29.2 Å². The van der Waals surface area contributed by atoms with Crippen molar-refractivity contribution in [3.63, 3.8) is 0 Å². The first-order chi connectivity index (χ1) is 22.6. The lowest BCUT2D eigenvalue weighted by molar-refractivity contribution is -0.140. The second-order valence-electron chi connectivity index (χ2n) is 12.4. The van der Waals surface area contributed by atoms with E-state index in [1.54, 1.807) is 12.1 Å². The molecule has 47 heavy (non-hydrogen) atoms. The summed E-state index contributed by atoms with van der Waals surface area (Å²) in [5.41, 5.74) is 3.75. The second kappa shape index (κ2) is 15.4. The van der Waals surface area contributed by atoms with Crippen LogP contribution in [-0.4, -0.2) is 43.8 Å². The van der Waals surface area contributed by atoms with Gasteiger partial charge in [0.15, 0.2) is 0 Å². The van der Waals surface area contributed by atoms with Crippen LogP contribution in [0.2, 0.25) is 0 Å². The number of hydrogen-bond donors (Lipinski definition) is 1. The summed E-state index contributed by atoms with van der Waals surface area (Å²) in [5.74, 6) is -1.35. The number of nitrogens with zero attached hydrogens (tertiary/aromatic N) is 2. The van der Waals surface area contributed by atoms with E-state index >= 15 is 0 Å². The molecule has 4 aromatic rings. The molecule has 7 nitrogen and oxygen atoms in total. The van der Waals surface area contributed by atoms with Crippen LogP contribution in [0.5, 0.6) is 0 Å². The highest BCUT2D eigenvalue weighted by atomic mass is 32.2. The number of nitrogens with one attached hydrogen (secondary N) is 1. The molecule has 0 radical (unpaired) electrons. The molecule has 0 spiro atoms. The second-order valence-corrected chi connectivity index (χ2v) is 14.2. The Kier molecular flexibility index (Phi) is 11.1. The Labute approximate surface area is 277 Å². The zero-order valence-corrected chi connectivity index (χ0v) is 27.8. The largest absolute Gasteiger partial charge is 0.352 e. The molecule has 246 valence electrons. The summed E-state index contributed by atoms with van der Waals surface area (Å²) in [7, 11) is -4.26. The van der Waals surface area contributed by atoms with Crippen molar-refractivity contribution in [3.8, 4) is 0 Å². The number of anilines is 1. The normalized spacial score (nSPS) is 14.3. The number of halogens is 1. The molecule has 0 heterocycles. The van der Waals surface area contributed by atoms with Gasteiger partial charge in [-0.15, -0.1) is 0 Å². The predicted octanol–water partition coefficient (Wildman–Crippen LogP) is 6.73. The highest BCUT2D eigenvalue weighted by Crippen LogP contribution is 2.26. The third-order valence-electron chi connectivity index (χ3n) is 8.70. The van der Waals surface area contributed by atoms with Gasteiger partial charge in [-0.2, -0.15) is 0 Å². The Balaban J connectivity index is 1.55. The van der Waals surface area contributed by atoms with Gasteiger partial charge >= 0.3 is 0 Å². The Hall–Kier alpha value is -4.50. The minimum atomic E-state index is -4.26. The number of benzene rings is 4. The summed E-state index contributed by atoms with van der Waals surface area (Å²) in [6.07, 6.45) is 5.20. The van der Waals surface area contributed by atoms with Crippen LogP contribution in [0.4, 0.5) is 10.1 Å². The lowest BCUT2D eigenvalue weighted by Gasteiger charge is -2.35. The highest BCUT2D eigenvalue weighted by Gasteiger charge is 2.35. The Morgan fingerprint density at radius 1 is 0.787 bits per heavy atom. The van der Waals surface area contributed by atoms with E-state index < -0.39 is 34.3 Å². The molecule has 9 heteroatoms. The fourth-order valence-electron chi connectivity index (χ4n) is 5.96. The van der Waals surface area contributed by atoms with Crippen LogP contribution in [0.1, 0.15) is 54.4 Å². The lowest BCUT2D eigenvalue weighted by Crippen LogP contribution is -2.55. The fraction of sp³-hybridized carbons (Fsp3) is 0.316. The molecule has 1 aliphatic carbocycles. The molecule has 0 aromatic heterocycles. The lowest BCUT2D eigenvalue weighted by atomic mass is 9.94. The van der Waals surface area contributed by atoms with E-state index in [0.717, 1.165) is 70.8 Å². The predicted molar refractivity (Wildman–Crippen MR) is 183 cm³/mol. The monoisotopic (exact) mass is 655 g/mol. The van der Waals surface area contributed by atoms with Crippen molar-refractivity contribution in [1.82, 2.24) is 10.2 Å². The Morgan fingerprint density at radius 3 is 2.00 bits per heavy atom. The standard InChI is InChI=1S/C38H42FN3O4S/c1-28-13-17-31(18-14-28)26-41(36(25-30-9-5-3-6-10-30)38(44)40-33-11-7-4-8-12-33)37(43)27-42(34-21-19-32(39)20-22-34)47(45,46)35-23-15-29(2)16-24-35/h3,5-6,9-10,13-24,33,36H,4,7-8,11-12,25-27H2,1-2H3,(H,40,44)/t36-/m0/s1. The van der Waals surface area contributed by atoms with Crippen LogP contribution >= 0.6 is 0 Å². The van der Waals surface area contributed by atoms with Gasteiger partial charge in [-0.3, -0.25) is 13.9 Å². The minimum absolute atomic E-state index is 0.00110. The molecule has 1 N–H and O–H groups in total. The first kappa shape index (κ1) is 33.9. The van der Waals surface area contributed by atoms with Crippen molar-refractivity contribution in [3.05, 3.63) is 131 Å². The summed E-state index contributed by atoms with van der Waals surface area (Å²) >= 11 is 0. The molecular weight excluding hydrogens is 614 g/mol. The highest BCUT2D eigenvalue weighted by molar-refractivity contribution is 7.92. The first-order valence-corrected chi connectivity index (χ1v) is 17.6. The van der Waals surface area contributed by atoms with E-state index in [4.69, 9.17) is 0 Å². The Morgan fingerprint density at radius 2 is 1.38 bits per heavy atom. The van der Waals surface area contributed by atoms with Gasteiger partial charge in [-0.1, -0.05) is 97.1 Å². The number of rotatable bonds is 12. The molecule has 0 bridgehead atoms. The fourth-order valence-corrected chi connectivity index (χ4v) is 7.38. The van der Waals surface area contributed by atoms with Crippen LogP contribution < -0.4 is 9.62 Å². The van der Waals surface area contributed by atoms with Crippen LogP contribution in [0, 0.1) is 19.7 Å². The van der Waals surface area contributed by atoms with Gasteiger partial charge in [-0.25, -0.2) is 12.8 Å². The molecule has 4 aromatic carbocycles. The first-order valence-electron chi connectivity index (χ1n) is 16.1.